The molecular formula is C17H25NO3S. The summed E-state index contributed by atoms with van der Waals surface area (Å²) < 4.78 is 0. The van der Waals surface area contributed by atoms with Crippen LogP contribution >= 0.6 is 11.3 Å². The van der Waals surface area contributed by atoms with Crippen LogP contribution in [0.3, 0.4) is 0 Å². The first kappa shape index (κ1) is 17.0. The van der Waals surface area contributed by atoms with Crippen LogP contribution in [0.25, 0.3) is 0 Å². The summed E-state index contributed by atoms with van der Waals surface area (Å²) in [5, 5.41) is 11.1. The van der Waals surface area contributed by atoms with Gasteiger partial charge < -0.3 is 10.0 Å². The molecule has 1 unspecified atom stereocenters. The summed E-state index contributed by atoms with van der Waals surface area (Å²) in [4.78, 5) is 26.5. The molecule has 0 saturated heterocycles. The Morgan fingerprint density at radius 2 is 2.14 bits per heavy atom. The van der Waals surface area contributed by atoms with Crippen molar-refractivity contribution in [1.29, 1.82) is 0 Å². The van der Waals surface area contributed by atoms with Gasteiger partial charge in [0.1, 0.15) is 0 Å². The Morgan fingerprint density at radius 1 is 1.36 bits per heavy atom. The van der Waals surface area contributed by atoms with E-state index in [1.165, 1.54) is 4.88 Å². The van der Waals surface area contributed by atoms with E-state index in [4.69, 9.17) is 5.11 Å². The first-order valence-electron chi connectivity index (χ1n) is 8.12. The zero-order valence-corrected chi connectivity index (χ0v) is 14.0. The Labute approximate surface area is 136 Å². The highest BCUT2D eigenvalue weighted by Gasteiger charge is 2.33. The monoisotopic (exact) mass is 323 g/mol. The molecule has 1 fully saturated rings. The summed E-state index contributed by atoms with van der Waals surface area (Å²) in [5.74, 6) is -1.18. The molecule has 2 rings (SSSR count). The van der Waals surface area contributed by atoms with Crippen LogP contribution in [-0.4, -0.2) is 34.5 Å². The molecule has 1 heterocycles. The van der Waals surface area contributed by atoms with Crippen LogP contribution in [0, 0.1) is 5.92 Å². The van der Waals surface area contributed by atoms with E-state index in [2.05, 4.69) is 17.5 Å². The number of hydrogen-bond donors (Lipinski definition) is 1. The van der Waals surface area contributed by atoms with Crippen molar-refractivity contribution in [2.45, 2.75) is 57.9 Å². The molecule has 22 heavy (non-hydrogen) atoms. The molecule has 0 bridgehead atoms. The molecule has 1 aromatic rings. The summed E-state index contributed by atoms with van der Waals surface area (Å²) in [6.45, 7) is 2.03. The van der Waals surface area contributed by atoms with E-state index in [1.807, 2.05) is 0 Å². The van der Waals surface area contributed by atoms with Crippen molar-refractivity contribution in [1.82, 2.24) is 4.90 Å². The molecule has 1 N–H and O–H groups in total. The van der Waals surface area contributed by atoms with Crippen LogP contribution in [0.5, 0.6) is 0 Å². The molecule has 122 valence electrons. The number of rotatable bonds is 10. The van der Waals surface area contributed by atoms with Crippen molar-refractivity contribution in [3.8, 4) is 0 Å². The van der Waals surface area contributed by atoms with Gasteiger partial charge in [-0.2, -0.15) is 0 Å². The second-order valence-electron chi connectivity index (χ2n) is 6.16. The van der Waals surface area contributed by atoms with Gasteiger partial charge in [-0.25, -0.2) is 0 Å². The van der Waals surface area contributed by atoms with Crippen LogP contribution < -0.4 is 0 Å². The zero-order chi connectivity index (χ0) is 15.9. The van der Waals surface area contributed by atoms with Crippen LogP contribution in [0.2, 0.25) is 0 Å². The maximum absolute atomic E-state index is 12.3. The lowest BCUT2D eigenvalue weighted by Crippen LogP contribution is -2.38. The van der Waals surface area contributed by atoms with Gasteiger partial charge in [-0.3, -0.25) is 9.59 Å². The minimum atomic E-state index is -0.825. The Bertz CT molecular complexity index is 482. The van der Waals surface area contributed by atoms with Crippen molar-refractivity contribution in [3.05, 3.63) is 22.4 Å². The van der Waals surface area contributed by atoms with Crippen molar-refractivity contribution in [2.75, 3.05) is 6.54 Å². The molecule has 1 aromatic heterocycles. The maximum atomic E-state index is 12.3. The van der Waals surface area contributed by atoms with Crippen molar-refractivity contribution in [2.24, 2.45) is 5.92 Å². The molecule has 0 radical (unpaired) electrons. The zero-order valence-electron chi connectivity index (χ0n) is 13.2. The molecule has 0 aliphatic heterocycles. The molecular weight excluding hydrogens is 298 g/mol. The van der Waals surface area contributed by atoms with E-state index in [9.17, 15) is 9.59 Å². The molecule has 1 amide bonds. The number of nitrogens with zero attached hydrogens (tertiary/aromatic N) is 1. The predicted octanol–water partition coefficient (Wildman–Crippen LogP) is 3.56. The van der Waals surface area contributed by atoms with Gasteiger partial charge in [-0.05, 0) is 43.6 Å². The summed E-state index contributed by atoms with van der Waals surface area (Å²) in [6.07, 6.45) is 6.75. The number of amides is 1. The standard InChI is InChI=1S/C17H25NO3S/c1-13(17(20)21)12-18(14-9-10-14)16(19)8-4-2-3-6-15-7-5-11-22-15/h5,7,11,13-14H,2-4,6,8-10,12H2,1H3,(H,20,21). The molecule has 1 saturated carbocycles. The van der Waals surface area contributed by atoms with E-state index in [1.54, 1.807) is 23.2 Å². The quantitative estimate of drug-likeness (QED) is 0.670. The summed E-state index contributed by atoms with van der Waals surface area (Å²) >= 11 is 1.78. The Morgan fingerprint density at radius 3 is 2.73 bits per heavy atom. The molecule has 0 spiro atoms. The average molecular weight is 323 g/mol. The van der Waals surface area contributed by atoms with Gasteiger partial charge in [-0.1, -0.05) is 19.4 Å². The van der Waals surface area contributed by atoms with Gasteiger partial charge in [0.2, 0.25) is 5.91 Å². The van der Waals surface area contributed by atoms with Gasteiger partial charge in [0, 0.05) is 23.9 Å². The number of carbonyl (C=O) groups excluding carboxylic acids is 1. The fourth-order valence-corrected chi connectivity index (χ4v) is 3.32. The van der Waals surface area contributed by atoms with Gasteiger partial charge >= 0.3 is 5.97 Å². The lowest BCUT2D eigenvalue weighted by atomic mass is 10.1. The molecule has 4 nitrogen and oxygen atoms in total. The number of aryl methyl sites for hydroxylation is 1. The highest BCUT2D eigenvalue weighted by atomic mass is 32.1. The van der Waals surface area contributed by atoms with E-state index < -0.39 is 11.9 Å². The Kier molecular flexibility index (Phi) is 6.43. The molecule has 1 atom stereocenters. The van der Waals surface area contributed by atoms with Gasteiger partial charge in [0.25, 0.3) is 0 Å². The third kappa shape index (κ3) is 5.44. The van der Waals surface area contributed by atoms with Crippen LogP contribution in [0.4, 0.5) is 0 Å². The largest absolute Gasteiger partial charge is 0.481 e. The number of carboxylic acids is 1. The number of carboxylic acid groups (broad SMARTS) is 1. The lowest BCUT2D eigenvalue weighted by molar-refractivity contribution is -0.143. The third-order valence-corrected chi connectivity index (χ3v) is 5.03. The van der Waals surface area contributed by atoms with Crippen LogP contribution in [0.1, 0.15) is 50.3 Å². The minimum Gasteiger partial charge on any atom is -0.481 e. The van der Waals surface area contributed by atoms with E-state index >= 15 is 0 Å². The second kappa shape index (κ2) is 8.32. The van der Waals surface area contributed by atoms with E-state index in [-0.39, 0.29) is 5.91 Å². The third-order valence-electron chi connectivity index (χ3n) is 4.09. The van der Waals surface area contributed by atoms with Crippen molar-refractivity contribution in [3.63, 3.8) is 0 Å². The Hall–Kier alpha value is -1.36. The number of hydrogen-bond acceptors (Lipinski definition) is 3. The smallest absolute Gasteiger partial charge is 0.308 e. The topological polar surface area (TPSA) is 57.6 Å². The second-order valence-corrected chi connectivity index (χ2v) is 7.19. The summed E-state index contributed by atoms with van der Waals surface area (Å²) in [6, 6.07) is 4.51. The number of aliphatic carboxylic acids is 1. The summed E-state index contributed by atoms with van der Waals surface area (Å²) in [5.41, 5.74) is 0. The van der Waals surface area contributed by atoms with Gasteiger partial charge in [0.05, 0.1) is 5.92 Å². The maximum Gasteiger partial charge on any atom is 0.308 e. The highest BCUT2D eigenvalue weighted by molar-refractivity contribution is 7.09. The predicted molar refractivity (Wildman–Crippen MR) is 88.0 cm³/mol. The molecule has 5 heteroatoms. The van der Waals surface area contributed by atoms with E-state index in [0.717, 1.165) is 38.5 Å². The lowest BCUT2D eigenvalue weighted by Gasteiger charge is -2.24. The van der Waals surface area contributed by atoms with Crippen molar-refractivity contribution < 1.29 is 14.7 Å². The molecule has 1 aliphatic rings. The first-order chi connectivity index (χ1) is 10.6. The number of thiophene rings is 1. The first-order valence-corrected chi connectivity index (χ1v) is 9.00. The fraction of sp³-hybridized carbons (Fsp3) is 0.647. The SMILES string of the molecule is CC(CN(C(=O)CCCCCc1cccs1)C1CC1)C(=O)O. The Balaban J connectivity index is 1.66. The number of unbranched alkanes of at least 4 members (excludes halogenated alkanes) is 2. The normalized spacial score (nSPS) is 15.5. The molecule has 1 aliphatic carbocycles. The number of carbonyl (C=O) groups is 2. The summed E-state index contributed by atoms with van der Waals surface area (Å²) in [7, 11) is 0. The highest BCUT2D eigenvalue weighted by Crippen LogP contribution is 2.28. The van der Waals surface area contributed by atoms with Gasteiger partial charge in [0.15, 0.2) is 0 Å². The molecule has 0 aromatic carbocycles. The van der Waals surface area contributed by atoms with Crippen LogP contribution in [-0.2, 0) is 16.0 Å². The van der Waals surface area contributed by atoms with Crippen LogP contribution in [0.15, 0.2) is 17.5 Å². The minimum absolute atomic E-state index is 0.131. The van der Waals surface area contributed by atoms with Crippen molar-refractivity contribution >= 4 is 23.2 Å². The fourth-order valence-electron chi connectivity index (χ4n) is 2.56. The average Bonchev–Trinajstić information content (AvgIpc) is 3.19. The van der Waals surface area contributed by atoms with Gasteiger partial charge in [-0.15, -0.1) is 11.3 Å². The van der Waals surface area contributed by atoms with E-state index in [0.29, 0.717) is 19.0 Å².